The van der Waals surface area contributed by atoms with Crippen LogP contribution >= 0.6 is 0 Å². The van der Waals surface area contributed by atoms with E-state index in [1.54, 1.807) is 16.9 Å². The van der Waals surface area contributed by atoms with Gasteiger partial charge in [-0.25, -0.2) is 19.3 Å². The average molecular weight is 520 g/mol. The molecule has 4 aromatic rings. The summed E-state index contributed by atoms with van der Waals surface area (Å²) >= 11 is 0. The number of pyridine rings is 1. The second-order valence-corrected chi connectivity index (χ2v) is 11.1. The molecule has 0 unspecified atom stereocenters. The zero-order valence-electron chi connectivity index (χ0n) is 22.2. The van der Waals surface area contributed by atoms with Crippen LogP contribution in [0.1, 0.15) is 33.6 Å². The van der Waals surface area contributed by atoms with Gasteiger partial charge in [-0.1, -0.05) is 0 Å². The highest BCUT2D eigenvalue weighted by atomic mass is 16.6. The predicted molar refractivity (Wildman–Crippen MR) is 143 cm³/mol. The van der Waals surface area contributed by atoms with Gasteiger partial charge in [0.15, 0.2) is 11.4 Å². The zero-order chi connectivity index (χ0) is 26.4. The lowest BCUT2D eigenvalue weighted by Crippen LogP contribution is -2.50. The van der Waals surface area contributed by atoms with E-state index in [0.717, 1.165) is 48.7 Å². The first-order valence-corrected chi connectivity index (χ1v) is 13.1. The molecule has 200 valence electrons. The molecule has 1 aliphatic heterocycles. The van der Waals surface area contributed by atoms with Gasteiger partial charge in [-0.15, -0.1) is 5.10 Å². The number of likely N-dealkylation sites (N-methyl/N-ethyl adjacent to an activating group) is 1. The van der Waals surface area contributed by atoms with Gasteiger partial charge in [0.05, 0.1) is 11.6 Å². The number of alkyl carbamates (subject to hydrolysis) is 1. The number of carbonyl (C=O) groups is 1. The van der Waals surface area contributed by atoms with Gasteiger partial charge in [0, 0.05) is 57.3 Å². The van der Waals surface area contributed by atoms with Crippen LogP contribution in [-0.2, 0) is 4.74 Å². The Hall–Kier alpha value is -3.86. The summed E-state index contributed by atoms with van der Waals surface area (Å²) in [7, 11) is 2.14. The molecule has 1 saturated carbocycles. The Morgan fingerprint density at radius 2 is 1.89 bits per heavy atom. The lowest BCUT2D eigenvalue weighted by atomic mass is 9.89. The number of aromatic nitrogens is 4. The minimum atomic E-state index is -0.520. The Kier molecular flexibility index (Phi) is 6.10. The van der Waals surface area contributed by atoms with Crippen molar-refractivity contribution in [3.05, 3.63) is 36.7 Å². The molecule has 11 heteroatoms. The van der Waals surface area contributed by atoms with Crippen LogP contribution in [0.3, 0.4) is 0 Å². The number of rotatable bonds is 5. The molecular formula is C27H33N7O4. The molecule has 6 rings (SSSR count). The third-order valence-corrected chi connectivity index (χ3v) is 6.92. The summed E-state index contributed by atoms with van der Waals surface area (Å²) in [6.45, 7) is 9.40. The van der Waals surface area contributed by atoms with E-state index in [4.69, 9.17) is 13.9 Å². The highest BCUT2D eigenvalue weighted by Crippen LogP contribution is 2.33. The number of fused-ring (bicyclic) bond motifs is 2. The molecule has 0 bridgehead atoms. The first-order chi connectivity index (χ1) is 18.2. The number of nitrogens with zero attached hydrogens (tertiary/aromatic N) is 6. The number of piperazine rings is 1. The van der Waals surface area contributed by atoms with E-state index in [9.17, 15) is 4.79 Å². The number of hydrogen-bond acceptors (Lipinski definition) is 9. The second kappa shape index (κ2) is 9.46. The molecule has 4 aromatic heterocycles. The number of carbonyl (C=O) groups excluding carboxylic acids is 1. The number of amides is 1. The van der Waals surface area contributed by atoms with Crippen molar-refractivity contribution in [2.75, 3.05) is 38.1 Å². The molecule has 2 aliphatic rings. The fourth-order valence-corrected chi connectivity index (χ4v) is 4.86. The normalized spacial score (nSPS) is 20.5. The summed E-state index contributed by atoms with van der Waals surface area (Å²) in [5.41, 5.74) is 1.70. The summed E-state index contributed by atoms with van der Waals surface area (Å²) in [5, 5.41) is 8.55. The van der Waals surface area contributed by atoms with E-state index in [1.807, 2.05) is 45.0 Å². The fraction of sp³-hybridized carbons (Fsp3) is 0.481. The SMILES string of the molecule is CN1CCN(c2nccc3oc(-c4cnc5ccc(OC6CC(NC(=O)OC(C)(C)C)C6)nn45)cc23)CC1. The number of imidazole rings is 1. The van der Waals surface area contributed by atoms with Gasteiger partial charge in [0.1, 0.15) is 28.8 Å². The lowest BCUT2D eigenvalue weighted by molar-refractivity contribution is 0.0352. The van der Waals surface area contributed by atoms with Crippen LogP contribution in [0.2, 0.25) is 0 Å². The van der Waals surface area contributed by atoms with E-state index < -0.39 is 11.7 Å². The van der Waals surface area contributed by atoms with Crippen LogP contribution in [0.25, 0.3) is 28.1 Å². The predicted octanol–water partition coefficient (Wildman–Crippen LogP) is 3.72. The largest absolute Gasteiger partial charge is 0.473 e. The molecule has 2 fully saturated rings. The maximum absolute atomic E-state index is 12.0. The molecule has 38 heavy (non-hydrogen) atoms. The first-order valence-electron chi connectivity index (χ1n) is 13.1. The Morgan fingerprint density at radius 1 is 1.11 bits per heavy atom. The molecule has 1 N–H and O–H groups in total. The smallest absolute Gasteiger partial charge is 0.407 e. The number of hydrogen-bond donors (Lipinski definition) is 1. The molecule has 1 saturated heterocycles. The van der Waals surface area contributed by atoms with Gasteiger partial charge in [0.2, 0.25) is 5.88 Å². The van der Waals surface area contributed by atoms with E-state index in [1.165, 1.54) is 0 Å². The van der Waals surface area contributed by atoms with Crippen molar-refractivity contribution < 1.29 is 18.7 Å². The molecule has 5 heterocycles. The lowest BCUT2D eigenvalue weighted by Gasteiger charge is -2.35. The Balaban J connectivity index is 1.17. The molecule has 0 aromatic carbocycles. The van der Waals surface area contributed by atoms with Gasteiger partial charge in [-0.2, -0.15) is 0 Å². The number of nitrogens with one attached hydrogen (secondary N) is 1. The van der Waals surface area contributed by atoms with Crippen LogP contribution in [0.5, 0.6) is 5.88 Å². The number of furan rings is 1. The first kappa shape index (κ1) is 24.5. The van der Waals surface area contributed by atoms with Crippen molar-refractivity contribution in [3.63, 3.8) is 0 Å². The molecule has 1 aliphatic carbocycles. The number of ether oxygens (including phenoxy) is 2. The van der Waals surface area contributed by atoms with Crippen LogP contribution in [0.4, 0.5) is 10.6 Å². The topological polar surface area (TPSA) is 110 Å². The fourth-order valence-electron chi connectivity index (χ4n) is 4.86. The van der Waals surface area contributed by atoms with Crippen molar-refractivity contribution in [2.24, 2.45) is 0 Å². The highest BCUT2D eigenvalue weighted by Gasteiger charge is 2.33. The third-order valence-electron chi connectivity index (χ3n) is 6.92. The van der Waals surface area contributed by atoms with Gasteiger partial charge >= 0.3 is 6.09 Å². The average Bonchev–Trinajstić information content (AvgIpc) is 3.45. The van der Waals surface area contributed by atoms with Crippen LogP contribution in [0.15, 0.2) is 41.1 Å². The van der Waals surface area contributed by atoms with Crippen LogP contribution in [-0.4, -0.2) is 81.5 Å². The molecule has 0 radical (unpaired) electrons. The molecule has 0 atom stereocenters. The van der Waals surface area contributed by atoms with E-state index >= 15 is 0 Å². The monoisotopic (exact) mass is 519 g/mol. The van der Waals surface area contributed by atoms with Crippen molar-refractivity contribution in [1.82, 2.24) is 29.8 Å². The Bertz CT molecular complexity index is 1460. The van der Waals surface area contributed by atoms with Crippen molar-refractivity contribution in [2.45, 2.75) is 51.4 Å². The van der Waals surface area contributed by atoms with Gasteiger partial charge in [-0.3, -0.25) is 0 Å². The number of anilines is 1. The van der Waals surface area contributed by atoms with Crippen molar-refractivity contribution >= 4 is 28.5 Å². The summed E-state index contributed by atoms with van der Waals surface area (Å²) in [5.74, 6) is 2.11. The van der Waals surface area contributed by atoms with Gasteiger partial charge < -0.3 is 29.0 Å². The van der Waals surface area contributed by atoms with E-state index in [0.29, 0.717) is 30.1 Å². The minimum absolute atomic E-state index is 0.0287. The van der Waals surface area contributed by atoms with E-state index in [2.05, 4.69) is 37.2 Å². The van der Waals surface area contributed by atoms with E-state index in [-0.39, 0.29) is 12.1 Å². The van der Waals surface area contributed by atoms with Crippen molar-refractivity contribution in [1.29, 1.82) is 0 Å². The zero-order valence-corrected chi connectivity index (χ0v) is 22.2. The second-order valence-electron chi connectivity index (χ2n) is 11.1. The highest BCUT2D eigenvalue weighted by molar-refractivity contribution is 5.92. The summed E-state index contributed by atoms with van der Waals surface area (Å²) in [4.78, 5) is 25.8. The summed E-state index contributed by atoms with van der Waals surface area (Å²) < 4.78 is 19.4. The van der Waals surface area contributed by atoms with Crippen molar-refractivity contribution in [3.8, 4) is 17.3 Å². The summed E-state index contributed by atoms with van der Waals surface area (Å²) in [6.07, 6.45) is 4.52. The molecule has 0 spiro atoms. The Labute approximate surface area is 220 Å². The Morgan fingerprint density at radius 3 is 2.66 bits per heavy atom. The molecular weight excluding hydrogens is 486 g/mol. The third kappa shape index (κ3) is 4.98. The van der Waals surface area contributed by atoms with Gasteiger partial charge in [0.25, 0.3) is 0 Å². The minimum Gasteiger partial charge on any atom is -0.473 e. The molecule has 11 nitrogen and oxygen atoms in total. The van der Waals surface area contributed by atoms with Crippen LogP contribution < -0.4 is 15.0 Å². The summed E-state index contributed by atoms with van der Waals surface area (Å²) in [6, 6.07) is 7.63. The molecule has 1 amide bonds. The maximum Gasteiger partial charge on any atom is 0.407 e. The van der Waals surface area contributed by atoms with Crippen LogP contribution in [0, 0.1) is 0 Å². The van der Waals surface area contributed by atoms with Gasteiger partial charge in [-0.05, 0) is 46.0 Å². The standard InChI is InChI=1S/C27H33N7O4/c1-27(2,3)38-26(35)30-17-13-18(14-17)36-24-6-5-23-29-16-20(34(23)31-24)22-15-19-21(37-22)7-8-28-25(19)33-11-9-32(4)10-12-33/h5-8,15-18H,9-14H2,1-4H3,(H,30,35). The maximum atomic E-state index is 12.0. The quantitative estimate of drug-likeness (QED) is 0.422.